The summed E-state index contributed by atoms with van der Waals surface area (Å²) in [6.07, 6.45) is -2.92. The van der Waals surface area contributed by atoms with Crippen LogP contribution < -0.4 is 0 Å². The summed E-state index contributed by atoms with van der Waals surface area (Å²) in [6.45, 7) is 1.55. The molecule has 0 fully saturated rings. The molecule has 102 valence electrons. The average molecular weight is 274 g/mol. The third kappa shape index (κ3) is 2.61. The summed E-state index contributed by atoms with van der Waals surface area (Å²) >= 11 is 0. The van der Waals surface area contributed by atoms with E-state index in [0.717, 1.165) is 10.9 Å². The first-order valence-corrected chi connectivity index (χ1v) is 5.23. The van der Waals surface area contributed by atoms with Crippen LogP contribution in [0, 0.1) is 0 Å². The Morgan fingerprint density at radius 2 is 2.16 bits per heavy atom. The molecule has 1 N–H and O–H groups in total. The van der Waals surface area contributed by atoms with E-state index in [1.807, 2.05) is 0 Å². The van der Waals surface area contributed by atoms with Crippen LogP contribution in [0.3, 0.4) is 0 Å². The second-order valence-electron chi connectivity index (χ2n) is 3.89. The molecule has 0 bridgehead atoms. The van der Waals surface area contributed by atoms with E-state index >= 15 is 0 Å². The van der Waals surface area contributed by atoms with Gasteiger partial charge in [0.1, 0.15) is 11.8 Å². The van der Waals surface area contributed by atoms with E-state index in [0.29, 0.717) is 6.20 Å². The van der Waals surface area contributed by atoms with Gasteiger partial charge in [-0.25, -0.2) is 4.79 Å². The molecule has 2 heterocycles. The van der Waals surface area contributed by atoms with Crippen LogP contribution in [0.15, 0.2) is 28.9 Å². The fraction of sp³-hybridized carbons (Fsp3) is 0.273. The standard InChI is InChI=1S/C11H9F3N2O3/c1-6(8-2-3-9(19-8)10(17)18)16-5-7(4-15-16)11(12,13)14/h2-6H,1H3,(H,17,18). The lowest BCUT2D eigenvalue weighted by molar-refractivity contribution is -0.137. The minimum absolute atomic E-state index is 0.217. The molecule has 0 aromatic carbocycles. The second-order valence-corrected chi connectivity index (χ2v) is 3.89. The van der Waals surface area contributed by atoms with Gasteiger partial charge in [-0.05, 0) is 19.1 Å². The van der Waals surface area contributed by atoms with Crippen molar-refractivity contribution >= 4 is 5.97 Å². The lowest BCUT2D eigenvalue weighted by Crippen LogP contribution is -2.07. The van der Waals surface area contributed by atoms with Crippen molar-refractivity contribution < 1.29 is 27.5 Å². The van der Waals surface area contributed by atoms with Crippen molar-refractivity contribution in [3.8, 4) is 0 Å². The number of rotatable bonds is 3. The maximum Gasteiger partial charge on any atom is 0.419 e. The minimum atomic E-state index is -4.46. The monoisotopic (exact) mass is 274 g/mol. The van der Waals surface area contributed by atoms with Gasteiger partial charge in [-0.15, -0.1) is 0 Å². The van der Waals surface area contributed by atoms with Gasteiger partial charge in [0.15, 0.2) is 0 Å². The van der Waals surface area contributed by atoms with E-state index in [1.54, 1.807) is 6.92 Å². The summed E-state index contributed by atoms with van der Waals surface area (Å²) in [7, 11) is 0. The number of hydrogen-bond donors (Lipinski definition) is 1. The van der Waals surface area contributed by atoms with Crippen molar-refractivity contribution in [1.82, 2.24) is 9.78 Å². The Morgan fingerprint density at radius 1 is 1.47 bits per heavy atom. The highest BCUT2D eigenvalue weighted by Crippen LogP contribution is 2.30. The number of carboxylic acid groups (broad SMARTS) is 1. The molecule has 0 aliphatic carbocycles. The summed E-state index contributed by atoms with van der Waals surface area (Å²) in [4.78, 5) is 10.6. The quantitative estimate of drug-likeness (QED) is 0.934. The summed E-state index contributed by atoms with van der Waals surface area (Å²) in [5.41, 5.74) is -0.871. The minimum Gasteiger partial charge on any atom is -0.475 e. The zero-order valence-corrected chi connectivity index (χ0v) is 9.68. The van der Waals surface area contributed by atoms with Crippen LogP contribution in [0.25, 0.3) is 0 Å². The average Bonchev–Trinajstić information content (AvgIpc) is 2.97. The third-order valence-electron chi connectivity index (χ3n) is 2.57. The highest BCUT2D eigenvalue weighted by Gasteiger charge is 2.32. The Bertz CT molecular complexity index is 600. The van der Waals surface area contributed by atoms with Crippen molar-refractivity contribution in [2.75, 3.05) is 0 Å². The molecule has 1 atom stereocenters. The zero-order chi connectivity index (χ0) is 14.2. The molecule has 2 aromatic heterocycles. The predicted octanol–water partition coefficient (Wildman–Crippen LogP) is 2.80. The lowest BCUT2D eigenvalue weighted by atomic mass is 10.2. The van der Waals surface area contributed by atoms with Crippen molar-refractivity contribution in [1.29, 1.82) is 0 Å². The maximum absolute atomic E-state index is 12.4. The molecule has 1 unspecified atom stereocenters. The lowest BCUT2D eigenvalue weighted by Gasteiger charge is -2.08. The van der Waals surface area contributed by atoms with Gasteiger partial charge in [0.2, 0.25) is 5.76 Å². The Kier molecular flexibility index (Phi) is 3.09. The largest absolute Gasteiger partial charge is 0.475 e. The molecule has 0 aliphatic rings. The zero-order valence-electron chi connectivity index (χ0n) is 9.68. The van der Waals surface area contributed by atoms with E-state index in [2.05, 4.69) is 5.10 Å². The summed E-state index contributed by atoms with van der Waals surface area (Å²) in [5, 5.41) is 12.3. The van der Waals surface area contributed by atoms with Gasteiger partial charge in [-0.3, -0.25) is 4.68 Å². The smallest absolute Gasteiger partial charge is 0.419 e. The molecular weight excluding hydrogens is 265 g/mol. The second kappa shape index (κ2) is 4.45. The molecule has 2 aromatic rings. The Hall–Kier alpha value is -2.25. The van der Waals surface area contributed by atoms with Crippen LogP contribution in [0.4, 0.5) is 13.2 Å². The fourth-order valence-electron chi connectivity index (χ4n) is 1.52. The first-order valence-electron chi connectivity index (χ1n) is 5.23. The van der Waals surface area contributed by atoms with E-state index in [9.17, 15) is 18.0 Å². The van der Waals surface area contributed by atoms with Crippen LogP contribution in [0.2, 0.25) is 0 Å². The first-order chi connectivity index (χ1) is 8.79. The Morgan fingerprint density at radius 3 is 2.63 bits per heavy atom. The van der Waals surface area contributed by atoms with E-state index < -0.39 is 23.8 Å². The van der Waals surface area contributed by atoms with Crippen LogP contribution in [0.5, 0.6) is 0 Å². The number of aromatic nitrogens is 2. The SMILES string of the molecule is CC(c1ccc(C(=O)O)o1)n1cc(C(F)(F)F)cn1. The van der Waals surface area contributed by atoms with Gasteiger partial charge in [-0.2, -0.15) is 18.3 Å². The van der Waals surface area contributed by atoms with Crippen LogP contribution in [0.1, 0.15) is 34.8 Å². The normalized spacial score (nSPS) is 13.5. The number of aromatic carboxylic acids is 1. The van der Waals surface area contributed by atoms with E-state index in [-0.39, 0.29) is 11.5 Å². The molecule has 0 spiro atoms. The topological polar surface area (TPSA) is 68.3 Å². The van der Waals surface area contributed by atoms with Crippen molar-refractivity contribution in [2.24, 2.45) is 0 Å². The van der Waals surface area contributed by atoms with Gasteiger partial charge < -0.3 is 9.52 Å². The van der Waals surface area contributed by atoms with E-state index in [1.165, 1.54) is 12.1 Å². The van der Waals surface area contributed by atoms with Gasteiger partial charge >= 0.3 is 12.1 Å². The fourth-order valence-corrected chi connectivity index (χ4v) is 1.52. The molecule has 19 heavy (non-hydrogen) atoms. The van der Waals surface area contributed by atoms with Gasteiger partial charge in [-0.1, -0.05) is 0 Å². The Labute approximate surface area is 105 Å². The number of carboxylic acids is 1. The molecule has 0 aliphatic heterocycles. The van der Waals surface area contributed by atoms with Crippen LogP contribution in [-0.2, 0) is 6.18 Å². The number of alkyl halides is 3. The number of carbonyl (C=O) groups is 1. The third-order valence-corrected chi connectivity index (χ3v) is 2.57. The van der Waals surface area contributed by atoms with Gasteiger partial charge in [0.05, 0.1) is 11.8 Å². The van der Waals surface area contributed by atoms with Crippen molar-refractivity contribution in [3.63, 3.8) is 0 Å². The van der Waals surface area contributed by atoms with Crippen LogP contribution >= 0.6 is 0 Å². The number of hydrogen-bond acceptors (Lipinski definition) is 3. The molecular formula is C11H9F3N2O3. The maximum atomic E-state index is 12.4. The molecule has 8 heteroatoms. The van der Waals surface area contributed by atoms with Crippen molar-refractivity contribution in [3.05, 3.63) is 41.6 Å². The van der Waals surface area contributed by atoms with E-state index in [4.69, 9.17) is 9.52 Å². The Balaban J connectivity index is 2.26. The molecule has 0 radical (unpaired) electrons. The van der Waals surface area contributed by atoms with Gasteiger partial charge in [0.25, 0.3) is 0 Å². The molecule has 0 amide bonds. The van der Waals surface area contributed by atoms with Crippen LogP contribution in [-0.4, -0.2) is 20.9 Å². The number of halogens is 3. The number of nitrogens with zero attached hydrogens (tertiary/aromatic N) is 2. The summed E-state index contributed by atoms with van der Waals surface area (Å²) in [5.74, 6) is -1.30. The highest BCUT2D eigenvalue weighted by molar-refractivity contribution is 5.84. The summed E-state index contributed by atoms with van der Waals surface area (Å²) < 4.78 is 43.3. The predicted molar refractivity (Wildman–Crippen MR) is 56.7 cm³/mol. The summed E-state index contributed by atoms with van der Waals surface area (Å²) in [6, 6.07) is 2.00. The molecule has 5 nitrogen and oxygen atoms in total. The molecule has 0 saturated heterocycles. The molecule has 2 rings (SSSR count). The highest BCUT2D eigenvalue weighted by atomic mass is 19.4. The molecule has 0 saturated carbocycles. The number of furan rings is 1. The first kappa shape index (κ1) is 13.2. The van der Waals surface area contributed by atoms with Crippen molar-refractivity contribution in [2.45, 2.75) is 19.1 Å². The van der Waals surface area contributed by atoms with Gasteiger partial charge in [0, 0.05) is 6.20 Å².